The van der Waals surface area contributed by atoms with E-state index in [1.165, 1.54) is 0 Å². The summed E-state index contributed by atoms with van der Waals surface area (Å²) in [7, 11) is 0. The Morgan fingerprint density at radius 2 is 0.810 bits per heavy atom. The summed E-state index contributed by atoms with van der Waals surface area (Å²) >= 11 is 7.25. The van der Waals surface area contributed by atoms with Gasteiger partial charge in [-0.2, -0.15) is 39.5 Å². The summed E-state index contributed by atoms with van der Waals surface area (Å²) in [5, 5.41) is 0. The summed E-state index contributed by atoms with van der Waals surface area (Å²) in [6.07, 6.45) is -16.4. The van der Waals surface area contributed by atoms with E-state index in [2.05, 4.69) is 44.5 Å². The van der Waals surface area contributed by atoms with Gasteiger partial charge in [-0.05, 0) is 31.9 Å². The van der Waals surface area contributed by atoms with E-state index >= 15 is 0 Å². The molecule has 0 aromatic heterocycles. The van der Waals surface area contributed by atoms with Gasteiger partial charge in [-0.25, -0.2) is 0 Å². The van der Waals surface area contributed by atoms with E-state index in [4.69, 9.17) is 0 Å². The first-order valence-corrected chi connectivity index (χ1v) is 6.59. The van der Waals surface area contributed by atoms with Crippen LogP contribution in [0.15, 0.2) is 13.8 Å². The maximum Gasteiger partial charge on any atom is 0.418 e. The second-order valence-corrected chi connectivity index (χ2v) is 5.63. The first kappa shape index (κ1) is 18.9. The molecule has 0 atom stereocenters. The molecule has 0 N–H and O–H groups in total. The summed E-state index contributed by atoms with van der Waals surface area (Å²) in [4.78, 5) is -1.65. The first-order chi connectivity index (χ1) is 9.10. The third kappa shape index (κ3) is 3.63. The van der Waals surface area contributed by atoms with E-state index < -0.39 is 49.1 Å². The standard InChI is InChI=1S/C9HBr2F9S/c10-4-1(7(12,13)14)5(11)3(9(18,19)20)6(21)2(4)8(15,16)17/h21H. The van der Waals surface area contributed by atoms with Gasteiger partial charge in [-0.15, -0.1) is 12.6 Å². The molecular weight excluding hydrogens is 471 g/mol. The zero-order valence-corrected chi connectivity index (χ0v) is 13.2. The smallest absolute Gasteiger partial charge is 0.166 e. The average molecular weight is 472 g/mol. The summed E-state index contributed by atoms with van der Waals surface area (Å²) < 4.78 is 112. The number of halogens is 11. The minimum atomic E-state index is -5.46. The number of rotatable bonds is 0. The van der Waals surface area contributed by atoms with Crippen LogP contribution in [0, 0.1) is 0 Å². The lowest BCUT2D eigenvalue weighted by Crippen LogP contribution is -2.20. The Hall–Kier alpha value is -0.100. The van der Waals surface area contributed by atoms with Crippen LogP contribution in [0.1, 0.15) is 16.7 Å². The Balaban J connectivity index is 4.04. The molecular formula is C9HBr2F9S. The van der Waals surface area contributed by atoms with Crippen molar-refractivity contribution in [2.45, 2.75) is 23.4 Å². The van der Waals surface area contributed by atoms with Crippen LogP contribution in [0.2, 0.25) is 0 Å². The predicted molar refractivity (Wildman–Crippen MR) is 64.1 cm³/mol. The molecule has 1 rings (SSSR count). The molecule has 21 heavy (non-hydrogen) atoms. The Labute approximate surface area is 133 Å². The lowest BCUT2D eigenvalue weighted by atomic mass is 10.0. The van der Waals surface area contributed by atoms with E-state index in [1.54, 1.807) is 0 Å². The normalized spacial score (nSPS) is 13.7. The average Bonchev–Trinajstić information content (AvgIpc) is 2.07. The van der Waals surface area contributed by atoms with Crippen molar-refractivity contribution in [1.82, 2.24) is 0 Å². The highest BCUT2D eigenvalue weighted by molar-refractivity contribution is 9.11. The maximum absolute atomic E-state index is 12.8. The molecule has 0 saturated heterocycles. The van der Waals surface area contributed by atoms with Gasteiger partial charge in [0.15, 0.2) is 0 Å². The second-order valence-electron chi connectivity index (χ2n) is 3.59. The van der Waals surface area contributed by atoms with Crippen molar-refractivity contribution < 1.29 is 39.5 Å². The highest BCUT2D eigenvalue weighted by Crippen LogP contribution is 2.53. The molecule has 0 nitrogen and oxygen atoms in total. The molecule has 0 spiro atoms. The highest BCUT2D eigenvalue weighted by Gasteiger charge is 2.49. The molecule has 0 amide bonds. The predicted octanol–water partition coefficient (Wildman–Crippen LogP) is 6.56. The van der Waals surface area contributed by atoms with Crippen molar-refractivity contribution in [3.05, 3.63) is 25.6 Å². The second kappa shape index (κ2) is 5.52. The fourth-order valence-electron chi connectivity index (χ4n) is 1.45. The summed E-state index contributed by atoms with van der Waals surface area (Å²) in [5.74, 6) is 0. The molecule has 0 unspecified atom stereocenters. The third-order valence-corrected chi connectivity index (χ3v) is 4.24. The molecule has 0 bridgehead atoms. The molecule has 0 radical (unpaired) electrons. The highest BCUT2D eigenvalue weighted by atomic mass is 79.9. The van der Waals surface area contributed by atoms with Crippen LogP contribution in [0.3, 0.4) is 0 Å². The fourth-order valence-corrected chi connectivity index (χ4v) is 4.19. The van der Waals surface area contributed by atoms with Crippen molar-refractivity contribution in [1.29, 1.82) is 0 Å². The van der Waals surface area contributed by atoms with Gasteiger partial charge in [-0.1, -0.05) is 0 Å². The monoisotopic (exact) mass is 470 g/mol. The van der Waals surface area contributed by atoms with Crippen molar-refractivity contribution in [3.8, 4) is 0 Å². The first-order valence-electron chi connectivity index (χ1n) is 4.55. The van der Waals surface area contributed by atoms with Crippen molar-refractivity contribution >= 4 is 44.5 Å². The van der Waals surface area contributed by atoms with E-state index in [0.29, 0.717) is 0 Å². The van der Waals surface area contributed by atoms with E-state index in [-0.39, 0.29) is 0 Å². The van der Waals surface area contributed by atoms with Crippen LogP contribution < -0.4 is 0 Å². The SMILES string of the molecule is FC(F)(F)c1c(S)c(C(F)(F)F)c(Br)c(C(F)(F)F)c1Br. The Bertz CT molecular complexity index is 469. The van der Waals surface area contributed by atoms with Crippen molar-refractivity contribution in [2.24, 2.45) is 0 Å². The van der Waals surface area contributed by atoms with Crippen LogP contribution in [0.4, 0.5) is 39.5 Å². The fraction of sp³-hybridized carbons (Fsp3) is 0.333. The molecule has 0 fully saturated rings. The largest absolute Gasteiger partial charge is 0.418 e. The van der Waals surface area contributed by atoms with Crippen LogP contribution >= 0.6 is 44.5 Å². The minimum absolute atomic E-state index is 1.56. The summed E-state index contributed by atoms with van der Waals surface area (Å²) in [6.45, 7) is 0. The zero-order chi connectivity index (χ0) is 17.0. The maximum atomic E-state index is 12.8. The molecule has 1 aromatic rings. The molecule has 0 saturated carbocycles. The van der Waals surface area contributed by atoms with Crippen molar-refractivity contribution in [2.75, 3.05) is 0 Å². The Morgan fingerprint density at radius 3 is 1.00 bits per heavy atom. The van der Waals surface area contributed by atoms with Crippen molar-refractivity contribution in [3.63, 3.8) is 0 Å². The molecule has 0 aliphatic heterocycles. The quantitative estimate of drug-likeness (QED) is 0.321. The number of hydrogen-bond donors (Lipinski definition) is 1. The van der Waals surface area contributed by atoms with Gasteiger partial charge < -0.3 is 0 Å². The molecule has 12 heteroatoms. The summed E-state index contributed by atoms with van der Waals surface area (Å²) in [5.41, 5.74) is -6.40. The Kier molecular flexibility index (Phi) is 4.98. The molecule has 0 aliphatic carbocycles. The van der Waals surface area contributed by atoms with Gasteiger partial charge in [0.1, 0.15) is 0 Å². The molecule has 120 valence electrons. The van der Waals surface area contributed by atoms with Gasteiger partial charge in [0.05, 0.1) is 16.7 Å². The van der Waals surface area contributed by atoms with Gasteiger partial charge in [0.25, 0.3) is 0 Å². The molecule has 0 aliphatic rings. The van der Waals surface area contributed by atoms with Crippen LogP contribution in [0.25, 0.3) is 0 Å². The number of benzene rings is 1. The number of hydrogen-bond acceptors (Lipinski definition) is 1. The molecule has 0 heterocycles. The van der Waals surface area contributed by atoms with Gasteiger partial charge in [-0.3, -0.25) is 0 Å². The van der Waals surface area contributed by atoms with Gasteiger partial charge in [0, 0.05) is 13.8 Å². The minimum Gasteiger partial charge on any atom is -0.166 e. The van der Waals surface area contributed by atoms with Gasteiger partial charge >= 0.3 is 18.5 Å². The topological polar surface area (TPSA) is 0 Å². The van der Waals surface area contributed by atoms with E-state index in [9.17, 15) is 39.5 Å². The van der Waals surface area contributed by atoms with E-state index in [0.717, 1.165) is 0 Å². The zero-order valence-electron chi connectivity index (χ0n) is 9.10. The van der Waals surface area contributed by atoms with E-state index in [1.807, 2.05) is 0 Å². The van der Waals surface area contributed by atoms with Gasteiger partial charge in [0.2, 0.25) is 0 Å². The lowest BCUT2D eigenvalue weighted by molar-refractivity contribution is -0.153. The molecule has 1 aromatic carbocycles. The summed E-state index contributed by atoms with van der Waals surface area (Å²) in [6, 6.07) is 0. The Morgan fingerprint density at radius 1 is 0.571 bits per heavy atom. The lowest BCUT2D eigenvalue weighted by Gasteiger charge is -2.23. The van der Waals surface area contributed by atoms with Crippen LogP contribution in [0.5, 0.6) is 0 Å². The van der Waals surface area contributed by atoms with Crippen LogP contribution in [-0.4, -0.2) is 0 Å². The van der Waals surface area contributed by atoms with Crippen LogP contribution in [-0.2, 0) is 18.5 Å². The number of thiol groups is 1. The number of alkyl halides is 9. The third-order valence-electron chi connectivity index (χ3n) is 2.20.